The summed E-state index contributed by atoms with van der Waals surface area (Å²) in [7, 11) is 0. The number of amides is 1. The minimum absolute atomic E-state index is 0.188. The van der Waals surface area contributed by atoms with E-state index in [2.05, 4.69) is 10.6 Å². The van der Waals surface area contributed by atoms with E-state index in [4.69, 9.17) is 4.74 Å². The van der Waals surface area contributed by atoms with Gasteiger partial charge < -0.3 is 15.4 Å². The molecule has 0 aromatic heterocycles. The first-order valence-electron chi connectivity index (χ1n) is 6.27. The minimum atomic E-state index is -2.44. The first-order valence-corrected chi connectivity index (χ1v) is 7.15. The highest BCUT2D eigenvalue weighted by molar-refractivity contribution is 7.99. The number of morpholine rings is 1. The maximum Gasteiger partial charge on any atom is 0.288 e. The molecule has 110 valence electrons. The van der Waals surface area contributed by atoms with E-state index in [0.29, 0.717) is 35.5 Å². The monoisotopic (exact) mass is 302 g/mol. The zero-order valence-corrected chi connectivity index (χ0v) is 11.8. The quantitative estimate of drug-likeness (QED) is 0.838. The van der Waals surface area contributed by atoms with Crippen LogP contribution in [0.3, 0.4) is 0 Å². The van der Waals surface area contributed by atoms with Crippen LogP contribution in [-0.2, 0) is 9.53 Å². The van der Waals surface area contributed by atoms with Gasteiger partial charge in [0.15, 0.2) is 0 Å². The Morgan fingerprint density at radius 3 is 2.75 bits per heavy atom. The third kappa shape index (κ3) is 4.16. The lowest BCUT2D eigenvalue weighted by Gasteiger charge is -2.29. The fourth-order valence-corrected chi connectivity index (χ4v) is 2.47. The molecule has 1 aromatic rings. The summed E-state index contributed by atoms with van der Waals surface area (Å²) in [4.78, 5) is 12.5. The lowest BCUT2D eigenvalue weighted by Crippen LogP contribution is -2.53. The number of halogens is 2. The van der Waals surface area contributed by atoms with Gasteiger partial charge in [-0.3, -0.25) is 4.79 Å². The molecule has 2 atom stereocenters. The highest BCUT2D eigenvalue weighted by atomic mass is 32.2. The highest BCUT2D eigenvalue weighted by Gasteiger charge is 2.28. The van der Waals surface area contributed by atoms with E-state index in [-0.39, 0.29) is 12.0 Å². The van der Waals surface area contributed by atoms with Gasteiger partial charge in [0.2, 0.25) is 5.91 Å². The van der Waals surface area contributed by atoms with E-state index in [1.807, 2.05) is 6.92 Å². The summed E-state index contributed by atoms with van der Waals surface area (Å²) in [6.45, 7) is 3.05. The lowest BCUT2D eigenvalue weighted by molar-refractivity contribution is -0.123. The Morgan fingerprint density at radius 1 is 1.45 bits per heavy atom. The molecule has 1 saturated heterocycles. The van der Waals surface area contributed by atoms with Crippen molar-refractivity contribution in [3.05, 3.63) is 24.3 Å². The third-order valence-electron chi connectivity index (χ3n) is 2.95. The summed E-state index contributed by atoms with van der Waals surface area (Å²) in [6, 6.07) is 5.92. The molecule has 0 radical (unpaired) electrons. The van der Waals surface area contributed by atoms with Crippen LogP contribution in [0.15, 0.2) is 29.2 Å². The van der Waals surface area contributed by atoms with Gasteiger partial charge in [-0.1, -0.05) is 11.8 Å². The van der Waals surface area contributed by atoms with Gasteiger partial charge in [0, 0.05) is 17.1 Å². The molecule has 1 aliphatic heterocycles. The van der Waals surface area contributed by atoms with Gasteiger partial charge in [0.1, 0.15) is 6.04 Å². The standard InChI is InChI=1S/C13H16F2N2O2S/c1-8-11(16-6-7-19-8)12(18)17-9-2-4-10(5-3-9)20-13(14)15/h2-5,8,11,13,16H,6-7H2,1H3,(H,17,18)/t8-,11+/m1/s1. The second kappa shape index (κ2) is 7.01. The maximum absolute atomic E-state index is 12.2. The highest BCUT2D eigenvalue weighted by Crippen LogP contribution is 2.26. The van der Waals surface area contributed by atoms with Gasteiger partial charge in [-0.15, -0.1) is 0 Å². The van der Waals surface area contributed by atoms with Crippen LogP contribution in [0.5, 0.6) is 0 Å². The van der Waals surface area contributed by atoms with E-state index < -0.39 is 11.8 Å². The van der Waals surface area contributed by atoms with Crippen molar-refractivity contribution in [1.29, 1.82) is 0 Å². The number of alkyl halides is 2. The number of carbonyl (C=O) groups is 1. The molecule has 0 spiro atoms. The normalized spacial score (nSPS) is 22.8. The molecule has 0 aliphatic carbocycles. The number of ether oxygens (including phenoxy) is 1. The summed E-state index contributed by atoms with van der Waals surface area (Å²) < 4.78 is 29.8. The zero-order valence-electron chi connectivity index (χ0n) is 10.9. The summed E-state index contributed by atoms with van der Waals surface area (Å²) >= 11 is 0.476. The molecule has 1 amide bonds. The van der Waals surface area contributed by atoms with E-state index >= 15 is 0 Å². The number of benzene rings is 1. The van der Waals surface area contributed by atoms with Crippen molar-refractivity contribution in [2.75, 3.05) is 18.5 Å². The van der Waals surface area contributed by atoms with Crippen molar-refractivity contribution in [2.24, 2.45) is 0 Å². The first kappa shape index (κ1) is 15.2. The smallest absolute Gasteiger partial charge is 0.288 e. The molecule has 0 bridgehead atoms. The summed E-state index contributed by atoms with van der Waals surface area (Å²) in [5, 5.41) is 5.83. The van der Waals surface area contributed by atoms with Gasteiger partial charge in [-0.2, -0.15) is 8.78 Å². The third-order valence-corrected chi connectivity index (χ3v) is 3.67. The topological polar surface area (TPSA) is 50.4 Å². The first-order chi connectivity index (χ1) is 9.56. The second-order valence-electron chi connectivity index (χ2n) is 4.40. The fourth-order valence-electron chi connectivity index (χ4n) is 1.97. The van der Waals surface area contributed by atoms with Crippen molar-refractivity contribution in [1.82, 2.24) is 5.32 Å². The maximum atomic E-state index is 12.2. The van der Waals surface area contributed by atoms with E-state index in [0.717, 1.165) is 0 Å². The van der Waals surface area contributed by atoms with Crippen LogP contribution in [-0.4, -0.2) is 37.0 Å². The fraction of sp³-hybridized carbons (Fsp3) is 0.462. The Hall–Kier alpha value is -1.18. The van der Waals surface area contributed by atoms with Gasteiger partial charge in [0.25, 0.3) is 5.76 Å². The molecule has 4 nitrogen and oxygen atoms in total. The molecular formula is C13H16F2N2O2S. The van der Waals surface area contributed by atoms with Crippen LogP contribution < -0.4 is 10.6 Å². The Balaban J connectivity index is 1.93. The van der Waals surface area contributed by atoms with Crippen LogP contribution in [0.4, 0.5) is 14.5 Å². The number of thioether (sulfide) groups is 1. The Bertz CT molecular complexity index is 456. The largest absolute Gasteiger partial charge is 0.375 e. The van der Waals surface area contributed by atoms with Crippen molar-refractivity contribution in [3.63, 3.8) is 0 Å². The number of anilines is 1. The Labute approximate surface area is 120 Å². The van der Waals surface area contributed by atoms with Crippen molar-refractivity contribution in [3.8, 4) is 0 Å². The molecule has 1 aliphatic rings. The predicted molar refractivity (Wildman–Crippen MR) is 74.1 cm³/mol. The van der Waals surface area contributed by atoms with Crippen LogP contribution in [0.2, 0.25) is 0 Å². The lowest BCUT2D eigenvalue weighted by atomic mass is 10.1. The van der Waals surface area contributed by atoms with Crippen molar-refractivity contribution < 1.29 is 18.3 Å². The van der Waals surface area contributed by atoms with Crippen LogP contribution in [0.1, 0.15) is 6.92 Å². The Kier molecular flexibility index (Phi) is 5.33. The number of hydrogen-bond acceptors (Lipinski definition) is 4. The van der Waals surface area contributed by atoms with Gasteiger partial charge in [-0.25, -0.2) is 0 Å². The van der Waals surface area contributed by atoms with Crippen LogP contribution in [0.25, 0.3) is 0 Å². The number of rotatable bonds is 4. The average molecular weight is 302 g/mol. The van der Waals surface area contributed by atoms with Gasteiger partial charge in [0.05, 0.1) is 12.7 Å². The van der Waals surface area contributed by atoms with E-state index in [1.54, 1.807) is 24.3 Å². The molecule has 0 unspecified atom stereocenters. The molecule has 2 N–H and O–H groups in total. The molecule has 2 rings (SSSR count). The summed E-state index contributed by atoms with van der Waals surface area (Å²) in [5.41, 5.74) is 0.577. The van der Waals surface area contributed by atoms with Crippen LogP contribution >= 0.6 is 11.8 Å². The second-order valence-corrected chi connectivity index (χ2v) is 5.46. The summed E-state index contributed by atoms with van der Waals surface area (Å²) in [6.07, 6.45) is -0.197. The van der Waals surface area contributed by atoms with E-state index in [9.17, 15) is 13.6 Å². The van der Waals surface area contributed by atoms with Crippen molar-refractivity contribution in [2.45, 2.75) is 29.7 Å². The molecule has 0 saturated carbocycles. The summed E-state index contributed by atoms with van der Waals surface area (Å²) in [5.74, 6) is -2.63. The van der Waals surface area contributed by atoms with E-state index in [1.165, 1.54) is 0 Å². The van der Waals surface area contributed by atoms with Crippen molar-refractivity contribution >= 4 is 23.4 Å². The van der Waals surface area contributed by atoms with Crippen LogP contribution in [0, 0.1) is 0 Å². The van der Waals surface area contributed by atoms with Gasteiger partial charge in [-0.05, 0) is 31.2 Å². The number of hydrogen-bond donors (Lipinski definition) is 2. The molecule has 20 heavy (non-hydrogen) atoms. The zero-order chi connectivity index (χ0) is 14.5. The average Bonchev–Trinajstić information content (AvgIpc) is 2.41. The SMILES string of the molecule is C[C@H]1OCCN[C@@H]1C(=O)Nc1ccc(SC(F)F)cc1. The molecule has 7 heteroatoms. The number of carbonyl (C=O) groups excluding carboxylic acids is 1. The molecule has 1 heterocycles. The molecular weight excluding hydrogens is 286 g/mol. The van der Waals surface area contributed by atoms with Gasteiger partial charge >= 0.3 is 0 Å². The molecule has 1 fully saturated rings. The minimum Gasteiger partial charge on any atom is -0.375 e. The Morgan fingerprint density at radius 2 is 2.15 bits per heavy atom. The predicted octanol–water partition coefficient (Wildman–Crippen LogP) is 2.32. The number of nitrogens with one attached hydrogen (secondary N) is 2. The molecule has 1 aromatic carbocycles.